The molecule has 0 aliphatic carbocycles. The van der Waals surface area contributed by atoms with E-state index in [0.29, 0.717) is 35.8 Å². The van der Waals surface area contributed by atoms with Crippen molar-refractivity contribution in [3.8, 4) is 0 Å². The summed E-state index contributed by atoms with van der Waals surface area (Å²) < 4.78 is 41.1. The Bertz CT molecular complexity index is 1190. The van der Waals surface area contributed by atoms with E-state index in [1.165, 1.54) is 30.9 Å². The third kappa shape index (κ3) is 9.29. The Hall–Kier alpha value is -3.47. The first-order valence-corrected chi connectivity index (χ1v) is 11.2. The molecule has 0 saturated carbocycles. The summed E-state index contributed by atoms with van der Waals surface area (Å²) in [6, 6.07) is 6.27. The highest BCUT2D eigenvalue weighted by atomic mass is 79.9. The summed E-state index contributed by atoms with van der Waals surface area (Å²) in [4.78, 5) is 19.4. The fourth-order valence-corrected chi connectivity index (χ4v) is 3.37. The van der Waals surface area contributed by atoms with E-state index in [0.717, 1.165) is 23.1 Å². The number of pyridine rings is 2. The molecular formula is C25H29BrF2N4O4. The smallest absolute Gasteiger partial charge is 0.357 e. The molecule has 11 heteroatoms. The molecule has 0 unspecified atom stereocenters. The van der Waals surface area contributed by atoms with Crippen LogP contribution in [0.3, 0.4) is 0 Å². The number of hydrogen-bond donors (Lipinski definition) is 0. The number of esters is 1. The van der Waals surface area contributed by atoms with Gasteiger partial charge in [-0.15, -0.1) is 0 Å². The Kier molecular flexibility index (Phi) is 13.2. The van der Waals surface area contributed by atoms with E-state index in [1.807, 2.05) is 0 Å². The Labute approximate surface area is 217 Å². The Morgan fingerprint density at radius 1 is 0.889 bits per heavy atom. The number of carbonyl (C=O) groups is 1. The molecule has 0 bridgehead atoms. The van der Waals surface area contributed by atoms with E-state index in [-0.39, 0.29) is 33.0 Å². The van der Waals surface area contributed by atoms with E-state index in [1.54, 1.807) is 19.1 Å². The Balaban J connectivity index is 0.000000349. The molecular weight excluding hydrogens is 538 g/mol. The van der Waals surface area contributed by atoms with Crippen molar-refractivity contribution in [3.63, 3.8) is 0 Å². The molecule has 0 saturated heterocycles. The average molecular weight is 567 g/mol. The van der Waals surface area contributed by atoms with Gasteiger partial charge in [-0.1, -0.05) is 25.2 Å². The van der Waals surface area contributed by atoms with Crippen LogP contribution in [0.1, 0.15) is 54.8 Å². The van der Waals surface area contributed by atoms with Gasteiger partial charge in [-0.25, -0.2) is 23.5 Å². The van der Waals surface area contributed by atoms with Crippen LogP contribution in [0.4, 0.5) is 8.78 Å². The van der Waals surface area contributed by atoms with Gasteiger partial charge < -0.3 is 13.8 Å². The van der Waals surface area contributed by atoms with E-state index in [4.69, 9.17) is 13.8 Å². The summed E-state index contributed by atoms with van der Waals surface area (Å²) in [5.74, 6) is -1.35. The zero-order valence-electron chi connectivity index (χ0n) is 18.2. The van der Waals surface area contributed by atoms with Crippen molar-refractivity contribution in [1.29, 1.82) is 0 Å². The van der Waals surface area contributed by atoms with Gasteiger partial charge in [0.25, 0.3) is 0 Å². The zero-order valence-corrected chi connectivity index (χ0v) is 19.8. The maximum absolute atomic E-state index is 13.2. The minimum atomic E-state index is -0.544. The predicted octanol–water partition coefficient (Wildman–Crippen LogP) is 6.20. The molecule has 0 fully saturated rings. The van der Waals surface area contributed by atoms with Crippen molar-refractivity contribution in [2.45, 2.75) is 47.5 Å². The van der Waals surface area contributed by atoms with Crippen molar-refractivity contribution < 1.29 is 27.4 Å². The molecule has 4 aromatic heterocycles. The summed E-state index contributed by atoms with van der Waals surface area (Å²) in [6.45, 7) is 1.96. The lowest BCUT2D eigenvalue weighted by Gasteiger charge is -2.07. The maximum Gasteiger partial charge on any atom is 0.357 e. The van der Waals surface area contributed by atoms with Crippen LogP contribution in [0.15, 0.2) is 62.8 Å². The minimum absolute atomic E-state index is 0. The van der Waals surface area contributed by atoms with Crippen LogP contribution in [-0.4, -0.2) is 32.9 Å². The second-order valence-corrected chi connectivity index (χ2v) is 7.72. The molecule has 8 nitrogen and oxygen atoms in total. The largest absolute Gasteiger partial charge is 0.461 e. The summed E-state index contributed by atoms with van der Waals surface area (Å²) in [7, 11) is 0. The third-order valence-electron chi connectivity index (χ3n) is 4.56. The summed E-state index contributed by atoms with van der Waals surface area (Å²) in [5.41, 5.74) is 3.07. The topological polar surface area (TPSA) is 104 Å². The number of rotatable bonds is 8. The molecule has 0 spiro atoms. The standard InChI is InChI=1S/C13H13FN2O3.C10H8BrFN2O.2CH4/c1-2-18-13(17)12-9(7-10(14)8-15-12)3-4-11-5-6-19-16-11;11-10-7(5-8(12)6-13-10)1-2-9-3-4-15-14-9;;/h5-8H,2-4H2,1H3;3-6H,1-2H2;2*1H4. The fourth-order valence-electron chi connectivity index (χ4n) is 2.95. The lowest BCUT2D eigenvalue weighted by Crippen LogP contribution is -2.11. The first-order chi connectivity index (χ1) is 16.5. The van der Waals surface area contributed by atoms with Gasteiger partial charge in [0, 0.05) is 12.1 Å². The highest BCUT2D eigenvalue weighted by Gasteiger charge is 2.15. The van der Waals surface area contributed by atoms with Gasteiger partial charge in [-0.3, -0.25) is 0 Å². The van der Waals surface area contributed by atoms with Gasteiger partial charge in [-0.2, -0.15) is 0 Å². The molecule has 4 aromatic rings. The molecule has 4 heterocycles. The number of aryl methyl sites for hydroxylation is 4. The van der Waals surface area contributed by atoms with Gasteiger partial charge in [-0.05, 0) is 71.8 Å². The van der Waals surface area contributed by atoms with Crippen LogP contribution in [0, 0.1) is 11.6 Å². The first kappa shape index (κ1) is 30.6. The molecule has 0 N–H and O–H groups in total. The van der Waals surface area contributed by atoms with Gasteiger partial charge >= 0.3 is 5.97 Å². The molecule has 0 aliphatic rings. The molecule has 0 radical (unpaired) electrons. The highest BCUT2D eigenvalue weighted by Crippen LogP contribution is 2.17. The first-order valence-electron chi connectivity index (χ1n) is 10.4. The van der Waals surface area contributed by atoms with Crippen LogP contribution in [0.5, 0.6) is 0 Å². The fraction of sp³-hybridized carbons (Fsp3) is 0.320. The van der Waals surface area contributed by atoms with Crippen molar-refractivity contribution in [2.24, 2.45) is 0 Å². The second kappa shape index (κ2) is 15.5. The minimum Gasteiger partial charge on any atom is -0.461 e. The molecule has 4 rings (SSSR count). The predicted molar refractivity (Wildman–Crippen MR) is 133 cm³/mol. The van der Waals surface area contributed by atoms with Gasteiger partial charge in [0.05, 0.1) is 30.4 Å². The quantitative estimate of drug-likeness (QED) is 0.183. The monoisotopic (exact) mass is 566 g/mol. The van der Waals surface area contributed by atoms with E-state index >= 15 is 0 Å². The van der Waals surface area contributed by atoms with Gasteiger partial charge in [0.2, 0.25) is 0 Å². The van der Waals surface area contributed by atoms with Gasteiger partial charge in [0.15, 0.2) is 5.69 Å². The highest BCUT2D eigenvalue weighted by molar-refractivity contribution is 9.10. The summed E-state index contributed by atoms with van der Waals surface area (Å²) in [5, 5.41) is 7.54. The molecule has 0 atom stereocenters. The number of carbonyl (C=O) groups excluding carboxylic acids is 1. The van der Waals surface area contributed by atoms with Crippen molar-refractivity contribution in [3.05, 3.63) is 93.6 Å². The lowest BCUT2D eigenvalue weighted by molar-refractivity contribution is 0.0518. The van der Waals surface area contributed by atoms with Gasteiger partial charge in [0.1, 0.15) is 28.8 Å². The lowest BCUT2D eigenvalue weighted by atomic mass is 10.1. The van der Waals surface area contributed by atoms with Crippen LogP contribution < -0.4 is 0 Å². The van der Waals surface area contributed by atoms with Crippen molar-refractivity contribution in [1.82, 2.24) is 20.3 Å². The molecule has 36 heavy (non-hydrogen) atoms. The normalized spacial score (nSPS) is 9.89. The van der Waals surface area contributed by atoms with E-state index < -0.39 is 11.8 Å². The van der Waals surface area contributed by atoms with Crippen molar-refractivity contribution >= 4 is 21.9 Å². The van der Waals surface area contributed by atoms with E-state index in [2.05, 4.69) is 36.2 Å². The number of ether oxygens (including phenoxy) is 1. The molecule has 0 aliphatic heterocycles. The van der Waals surface area contributed by atoms with Crippen LogP contribution >= 0.6 is 15.9 Å². The SMILES string of the molecule is C.C.CCOC(=O)c1ncc(F)cc1CCc1ccon1.Fc1cnc(Br)c(CCc2ccon2)c1. The zero-order chi connectivity index (χ0) is 24.3. The number of aromatic nitrogens is 4. The third-order valence-corrected chi connectivity index (χ3v) is 5.28. The summed E-state index contributed by atoms with van der Waals surface area (Å²) >= 11 is 3.27. The second-order valence-electron chi connectivity index (χ2n) is 6.97. The van der Waals surface area contributed by atoms with E-state index in [9.17, 15) is 13.6 Å². The maximum atomic E-state index is 13.2. The molecule has 0 aromatic carbocycles. The molecule has 0 amide bonds. The Morgan fingerprint density at radius 3 is 1.94 bits per heavy atom. The average Bonchev–Trinajstić information content (AvgIpc) is 3.53. The number of hydrogen-bond acceptors (Lipinski definition) is 8. The van der Waals surface area contributed by atoms with Crippen LogP contribution in [0.25, 0.3) is 0 Å². The summed E-state index contributed by atoms with van der Waals surface area (Å²) in [6.07, 6.45) is 7.53. The van der Waals surface area contributed by atoms with Crippen LogP contribution in [-0.2, 0) is 30.4 Å². The number of halogens is 3. The Morgan fingerprint density at radius 2 is 1.42 bits per heavy atom. The van der Waals surface area contributed by atoms with Crippen LogP contribution in [0.2, 0.25) is 0 Å². The van der Waals surface area contributed by atoms with Crippen molar-refractivity contribution in [2.75, 3.05) is 6.61 Å². The molecule has 194 valence electrons. The number of nitrogens with zero attached hydrogens (tertiary/aromatic N) is 4.